The van der Waals surface area contributed by atoms with Crippen molar-refractivity contribution in [1.29, 1.82) is 0 Å². The summed E-state index contributed by atoms with van der Waals surface area (Å²) in [5.74, 6) is -14.5. The molecule has 0 radical (unpaired) electrons. The first-order valence-electron chi connectivity index (χ1n) is 27.8. The van der Waals surface area contributed by atoms with E-state index < -0.39 is 186 Å². The summed E-state index contributed by atoms with van der Waals surface area (Å²) in [7, 11) is 0. The summed E-state index contributed by atoms with van der Waals surface area (Å²) in [4.78, 5) is 191. The van der Waals surface area contributed by atoms with Gasteiger partial charge in [-0.3, -0.25) is 62.3 Å². The van der Waals surface area contributed by atoms with E-state index in [1.807, 2.05) is 0 Å². The highest BCUT2D eigenvalue weighted by atomic mass is 32.1. The predicted molar refractivity (Wildman–Crippen MR) is 311 cm³/mol. The van der Waals surface area contributed by atoms with Crippen LogP contribution in [-0.4, -0.2) is 216 Å². The van der Waals surface area contributed by atoms with Crippen LogP contribution in [0, 0.1) is 5.92 Å². The van der Waals surface area contributed by atoms with E-state index in [1.165, 1.54) is 38.2 Å². The van der Waals surface area contributed by atoms with Crippen molar-refractivity contribution in [3.63, 3.8) is 0 Å². The topological polar surface area (TPSA) is 530 Å². The molecule has 0 saturated carbocycles. The molecule has 2 heterocycles. The lowest BCUT2D eigenvalue weighted by atomic mass is 10.0. The van der Waals surface area contributed by atoms with Crippen molar-refractivity contribution in [3.05, 3.63) is 18.2 Å². The fraction of sp³-hybridized carbons (Fsp3) is 0.667. The number of primary amides is 1. The minimum absolute atomic E-state index is 0.0611. The molecule has 1 fully saturated rings. The van der Waals surface area contributed by atoms with E-state index in [9.17, 15) is 82.4 Å². The van der Waals surface area contributed by atoms with Crippen LogP contribution in [0.15, 0.2) is 12.5 Å². The summed E-state index contributed by atoms with van der Waals surface area (Å²) >= 11 is 8.29. The first-order valence-corrected chi connectivity index (χ1v) is 29.0. The number of aromatic nitrogens is 2. The summed E-state index contributed by atoms with van der Waals surface area (Å²) in [5, 5.41) is 53.7. The Morgan fingerprint density at radius 3 is 1.64 bits per heavy atom. The number of unbranched alkanes of at least 4 members (excludes halogenated alkanes) is 1. The Morgan fingerprint density at radius 2 is 1.13 bits per heavy atom. The van der Waals surface area contributed by atoms with Crippen molar-refractivity contribution >= 4 is 108 Å². The van der Waals surface area contributed by atoms with Gasteiger partial charge >= 0.3 is 11.9 Å². The molecule has 33 nitrogen and oxygen atoms in total. The van der Waals surface area contributed by atoms with Crippen molar-refractivity contribution in [3.8, 4) is 0 Å². The summed E-state index contributed by atoms with van der Waals surface area (Å²) in [6, 6.07) is -17.0. The van der Waals surface area contributed by atoms with E-state index in [0.29, 0.717) is 31.5 Å². The molecule has 1 saturated heterocycles. The number of amides is 12. The van der Waals surface area contributed by atoms with Gasteiger partial charge in [-0.15, -0.1) is 0 Å². The second-order valence-corrected chi connectivity index (χ2v) is 21.8. The van der Waals surface area contributed by atoms with Crippen molar-refractivity contribution in [2.24, 2.45) is 23.1 Å². The lowest BCUT2D eigenvalue weighted by molar-refractivity contribution is -0.143. The molecule has 1 aliphatic rings. The molecule has 0 aliphatic carbocycles. The molecule has 20 N–H and O–H groups in total. The number of nitrogens with two attached hydrogens (primary N) is 3. The van der Waals surface area contributed by atoms with E-state index in [4.69, 9.17) is 17.2 Å². The van der Waals surface area contributed by atoms with Gasteiger partial charge in [0.05, 0.1) is 24.9 Å². The number of aliphatic carboxylic acids is 2. The van der Waals surface area contributed by atoms with Gasteiger partial charge in [0.25, 0.3) is 0 Å². The highest BCUT2D eigenvalue weighted by Crippen LogP contribution is 2.21. The summed E-state index contributed by atoms with van der Waals surface area (Å²) < 4.78 is 0. The number of thiol groups is 2. The smallest absolute Gasteiger partial charge is 0.326 e. The van der Waals surface area contributed by atoms with Crippen LogP contribution < -0.4 is 70.4 Å². The Kier molecular flexibility index (Phi) is 32.1. The molecular weight excluding hydrogens is 1170 g/mol. The maximum absolute atomic E-state index is 13.8. The Balaban J connectivity index is 2.10. The number of carboxylic acid groups (broad SMARTS) is 2. The van der Waals surface area contributed by atoms with Gasteiger partial charge in [-0.05, 0) is 85.1 Å². The molecule has 1 aliphatic heterocycles. The molecule has 13 atom stereocenters. The average Bonchev–Trinajstić information content (AvgIpc) is 2.89. The molecule has 86 heavy (non-hydrogen) atoms. The Morgan fingerprint density at radius 1 is 0.640 bits per heavy atom. The standard InChI is InChI=1S/C51H84N16O17S2/c1-23(2)16-33(63-43(75)29(53)18-37(54)69)50(82)67-15-9-11-36(67)48(80)66-39(27(6)68)49(81)59-26(5)41(73)60-30(12-13-38(70)71)44(76)65-34(20-85)46(78)58-24(3)40(72)57-25(4)42(74)64-35(21-86)47(79)62-32(17-28-19-55-22-56-28)45(77)61-31(51(83)84)10-7-8-14-52/h19,22-27,29-36,39,68,85-86H,7-18,20-21,52-53H2,1-6H3,(H2,54,69)(H,55,56)(H,57,72)(H,58,78)(H,59,81)(H,60,73)(H,61,77)(H,62,79)(H,63,75)(H,64,74)(H,65,76)(H,66,80)(H,70,71)(H,83,84)/t24-,25-,26-,27+,29-,30-,31-,32-,33-,34-,35-,36-,39-/m0/s1. The summed E-state index contributed by atoms with van der Waals surface area (Å²) in [6.45, 7) is 8.76. The number of likely N-dealkylation sites (tertiary alicyclic amines) is 1. The van der Waals surface area contributed by atoms with Gasteiger partial charge in [-0.25, -0.2) is 9.78 Å². The number of rotatable bonds is 38. The van der Waals surface area contributed by atoms with E-state index in [1.54, 1.807) is 13.8 Å². The number of hydrogen-bond donors (Lipinski definition) is 19. The normalized spacial score (nSPS) is 17.1. The van der Waals surface area contributed by atoms with Crippen LogP contribution in [0.3, 0.4) is 0 Å². The van der Waals surface area contributed by atoms with Crippen molar-refractivity contribution in [1.82, 2.24) is 68.0 Å². The number of aliphatic hydroxyl groups is 1. The number of carbonyl (C=O) groups excluding carboxylic acids is 12. The van der Waals surface area contributed by atoms with Crippen molar-refractivity contribution < 1.29 is 82.4 Å². The van der Waals surface area contributed by atoms with E-state index >= 15 is 0 Å². The average molecular weight is 1260 g/mol. The number of imidazole rings is 1. The van der Waals surface area contributed by atoms with Crippen LogP contribution in [0.4, 0.5) is 0 Å². The Labute approximate surface area is 507 Å². The van der Waals surface area contributed by atoms with Gasteiger partial charge < -0.3 is 95.6 Å². The monoisotopic (exact) mass is 1260 g/mol. The predicted octanol–water partition coefficient (Wildman–Crippen LogP) is -6.58. The van der Waals surface area contributed by atoms with Crippen LogP contribution in [0.5, 0.6) is 0 Å². The minimum atomic E-state index is -1.72. The number of carbonyl (C=O) groups is 14. The van der Waals surface area contributed by atoms with E-state index in [-0.39, 0.29) is 43.9 Å². The van der Waals surface area contributed by atoms with Crippen LogP contribution in [0.1, 0.15) is 105 Å². The molecule has 1 aromatic heterocycles. The summed E-state index contributed by atoms with van der Waals surface area (Å²) in [6.07, 6.45) is 0.812. The highest BCUT2D eigenvalue weighted by Gasteiger charge is 2.41. The number of aliphatic hydroxyl groups excluding tert-OH is 1. The largest absolute Gasteiger partial charge is 0.481 e. The van der Waals surface area contributed by atoms with E-state index in [2.05, 4.69) is 88.4 Å². The number of carboxylic acids is 2. The van der Waals surface area contributed by atoms with Crippen LogP contribution >= 0.6 is 25.3 Å². The zero-order chi connectivity index (χ0) is 65.1. The fourth-order valence-electron chi connectivity index (χ4n) is 8.50. The second-order valence-electron chi connectivity index (χ2n) is 21.1. The first kappa shape index (κ1) is 74.5. The van der Waals surface area contributed by atoms with Crippen molar-refractivity contribution in [2.75, 3.05) is 24.6 Å². The minimum Gasteiger partial charge on any atom is -0.481 e. The number of aromatic amines is 1. The molecule has 482 valence electrons. The molecule has 12 amide bonds. The molecule has 0 unspecified atom stereocenters. The third-order valence-electron chi connectivity index (χ3n) is 13.3. The highest BCUT2D eigenvalue weighted by molar-refractivity contribution is 7.80. The second kappa shape index (κ2) is 37.0. The number of nitrogens with zero attached hydrogens (tertiary/aromatic N) is 2. The maximum Gasteiger partial charge on any atom is 0.326 e. The van der Waals surface area contributed by atoms with E-state index in [0.717, 1.165) is 6.92 Å². The third kappa shape index (κ3) is 25.1. The molecule has 0 spiro atoms. The molecule has 0 aromatic carbocycles. The summed E-state index contributed by atoms with van der Waals surface area (Å²) in [5.41, 5.74) is 16.9. The number of H-pyrrole nitrogens is 1. The molecule has 0 bridgehead atoms. The van der Waals surface area contributed by atoms with Gasteiger partial charge in [-0.2, -0.15) is 25.3 Å². The zero-order valence-electron chi connectivity index (χ0n) is 48.7. The van der Waals surface area contributed by atoms with Crippen LogP contribution in [-0.2, 0) is 73.5 Å². The van der Waals surface area contributed by atoms with Gasteiger partial charge in [0.15, 0.2) is 0 Å². The molecule has 1 aromatic rings. The van der Waals surface area contributed by atoms with Gasteiger partial charge in [0, 0.05) is 42.8 Å². The van der Waals surface area contributed by atoms with Crippen LogP contribution in [0.25, 0.3) is 0 Å². The molecular formula is C51H84N16O17S2. The Bertz CT molecular complexity index is 2550. The van der Waals surface area contributed by atoms with Crippen LogP contribution in [0.2, 0.25) is 0 Å². The SMILES string of the molecule is CC(C)C[C@H](NC(=O)[C@@H](N)CC(N)=O)C(=O)N1CCC[C@H]1C(=O)N[C@H](C(=O)N[C@@H](C)C(=O)N[C@@H](CCC(=O)O)C(=O)N[C@@H](CS)C(=O)N[C@@H](C)C(=O)N[C@@H](C)C(=O)N[C@@H](CS)C(=O)N[C@@H](Cc1cnc[nH]1)C(=O)N[C@@H](CCCCN)C(=O)O)[C@@H](C)O. The van der Waals surface area contributed by atoms with Gasteiger partial charge in [-0.1, -0.05) is 13.8 Å². The van der Waals surface area contributed by atoms with Gasteiger partial charge in [0.1, 0.15) is 66.5 Å². The Hall–Kier alpha value is -7.63. The lowest BCUT2D eigenvalue weighted by Gasteiger charge is -2.31. The first-order chi connectivity index (χ1) is 40.3. The quantitative estimate of drug-likeness (QED) is 0.0216. The lowest BCUT2D eigenvalue weighted by Crippen LogP contribution is -2.61. The maximum atomic E-state index is 13.8. The third-order valence-corrected chi connectivity index (χ3v) is 14.1. The van der Waals surface area contributed by atoms with Gasteiger partial charge in [0.2, 0.25) is 70.9 Å². The molecule has 2 rings (SSSR count). The van der Waals surface area contributed by atoms with Crippen molar-refractivity contribution in [2.45, 2.75) is 184 Å². The fourth-order valence-corrected chi connectivity index (χ4v) is 9.02. The molecule has 35 heteroatoms. The zero-order valence-corrected chi connectivity index (χ0v) is 50.5. The number of nitrogens with one attached hydrogen (secondary N) is 11. The number of hydrogen-bond acceptors (Lipinski definition) is 20.